The number of carboxylic acid groups (broad SMARTS) is 1. The number of ether oxygens (including phenoxy) is 1. The van der Waals surface area contributed by atoms with E-state index in [2.05, 4.69) is 24.1 Å². The van der Waals surface area contributed by atoms with E-state index in [1.807, 2.05) is 29.2 Å². The first kappa shape index (κ1) is 27.8. The van der Waals surface area contributed by atoms with Crippen molar-refractivity contribution in [1.82, 2.24) is 15.1 Å². The van der Waals surface area contributed by atoms with Gasteiger partial charge in [0.1, 0.15) is 5.75 Å². The molecule has 2 spiro atoms. The van der Waals surface area contributed by atoms with Crippen LogP contribution in [-0.2, 0) is 9.59 Å². The Morgan fingerprint density at radius 1 is 1.11 bits per heavy atom. The van der Waals surface area contributed by atoms with Crippen LogP contribution in [0, 0.1) is 16.7 Å². The van der Waals surface area contributed by atoms with Gasteiger partial charge in [-0.2, -0.15) is 13.2 Å². The molecule has 3 saturated heterocycles. The number of halogens is 3. The van der Waals surface area contributed by atoms with Crippen LogP contribution in [-0.4, -0.2) is 85.2 Å². The second kappa shape index (κ2) is 10.7. The molecule has 4 rings (SSSR count). The van der Waals surface area contributed by atoms with Crippen LogP contribution in [0.15, 0.2) is 24.3 Å². The first-order chi connectivity index (χ1) is 16.8. The molecule has 11 heteroatoms. The Kier molecular flexibility index (Phi) is 8.22. The summed E-state index contributed by atoms with van der Waals surface area (Å²) in [5, 5.41) is 10.2. The van der Waals surface area contributed by atoms with E-state index in [0.717, 1.165) is 64.3 Å². The molecule has 36 heavy (non-hydrogen) atoms. The first-order valence-corrected chi connectivity index (χ1v) is 12.1. The smallest absolute Gasteiger partial charge is 0.490 e. The molecule has 0 bridgehead atoms. The van der Waals surface area contributed by atoms with Crippen molar-refractivity contribution in [2.24, 2.45) is 16.7 Å². The van der Waals surface area contributed by atoms with Gasteiger partial charge in [-0.1, -0.05) is 13.8 Å². The Morgan fingerprint density at radius 3 is 2.14 bits per heavy atom. The van der Waals surface area contributed by atoms with Gasteiger partial charge in [0.05, 0.1) is 12.5 Å². The molecule has 3 heterocycles. The van der Waals surface area contributed by atoms with Crippen LogP contribution in [0.3, 0.4) is 0 Å². The topological polar surface area (TPSA) is 99.2 Å². The molecule has 3 aliphatic heterocycles. The number of alkyl halides is 3. The number of benzene rings is 1. The highest BCUT2D eigenvalue weighted by Crippen LogP contribution is 2.56. The number of carbonyl (C=O) groups is 3. The summed E-state index contributed by atoms with van der Waals surface area (Å²) in [5.74, 6) is -1.11. The molecule has 2 amide bonds. The van der Waals surface area contributed by atoms with Crippen LogP contribution in [0.1, 0.15) is 43.5 Å². The molecule has 0 aromatic heterocycles. The molecule has 1 aromatic rings. The summed E-state index contributed by atoms with van der Waals surface area (Å²) in [6, 6.07) is 7.32. The normalized spacial score (nSPS) is 23.5. The molecule has 0 aliphatic carbocycles. The zero-order chi connectivity index (χ0) is 26.7. The van der Waals surface area contributed by atoms with Gasteiger partial charge >= 0.3 is 12.1 Å². The number of nitrogens with zero attached hydrogens (tertiary/aromatic N) is 2. The third-order valence-electron chi connectivity index (χ3n) is 7.52. The summed E-state index contributed by atoms with van der Waals surface area (Å²) < 4.78 is 36.9. The molecule has 3 fully saturated rings. The van der Waals surface area contributed by atoms with E-state index in [-0.39, 0.29) is 22.6 Å². The van der Waals surface area contributed by atoms with Crippen molar-refractivity contribution in [2.45, 2.75) is 39.3 Å². The van der Waals surface area contributed by atoms with Gasteiger partial charge in [0.15, 0.2) is 0 Å². The minimum atomic E-state index is -5.08. The van der Waals surface area contributed by atoms with Crippen molar-refractivity contribution in [2.75, 3.05) is 46.4 Å². The first-order valence-electron chi connectivity index (χ1n) is 12.1. The zero-order valence-electron chi connectivity index (χ0n) is 20.9. The summed E-state index contributed by atoms with van der Waals surface area (Å²) in [4.78, 5) is 39.3. The number of piperidine rings is 1. The SMILES string of the molecule is COc1ccc(C(=O)N2CCC3(CC2)CN(CC(C)C)CC32CCNC2=O)cc1.O=C(O)C(F)(F)F. The summed E-state index contributed by atoms with van der Waals surface area (Å²) >= 11 is 0. The number of hydrogen-bond acceptors (Lipinski definition) is 5. The largest absolute Gasteiger partial charge is 0.497 e. The Bertz CT molecular complexity index is 959. The molecule has 2 N–H and O–H groups in total. The standard InChI is InChI=1S/C23H33N3O3.C2HF3O2/c1-17(2)14-25-15-22(23(16-25)8-11-24-21(23)28)9-12-26(13-10-22)20(27)18-4-6-19(29-3)7-5-18;3-2(4,5)1(6)7/h4-7,17H,8-16H2,1-3H3,(H,24,28);(H,6,7). The van der Waals surface area contributed by atoms with Crippen molar-refractivity contribution in [3.8, 4) is 5.75 Å². The highest BCUT2D eigenvalue weighted by Gasteiger charge is 2.63. The summed E-state index contributed by atoms with van der Waals surface area (Å²) in [6.07, 6.45) is -2.36. The van der Waals surface area contributed by atoms with Crippen LogP contribution in [0.2, 0.25) is 0 Å². The number of methoxy groups -OCH3 is 1. The van der Waals surface area contributed by atoms with E-state index in [1.165, 1.54) is 0 Å². The molecule has 1 unspecified atom stereocenters. The van der Waals surface area contributed by atoms with Gasteiger partial charge in [-0.3, -0.25) is 9.59 Å². The predicted molar refractivity (Wildman–Crippen MR) is 126 cm³/mol. The number of rotatable bonds is 4. The summed E-state index contributed by atoms with van der Waals surface area (Å²) in [5.41, 5.74) is 0.402. The minimum Gasteiger partial charge on any atom is -0.497 e. The summed E-state index contributed by atoms with van der Waals surface area (Å²) in [6.45, 7) is 9.57. The number of amides is 2. The fraction of sp³-hybridized carbons (Fsp3) is 0.640. The van der Waals surface area contributed by atoms with Crippen LogP contribution >= 0.6 is 0 Å². The Morgan fingerprint density at radius 2 is 1.69 bits per heavy atom. The van der Waals surface area contributed by atoms with E-state index >= 15 is 0 Å². The lowest BCUT2D eigenvalue weighted by atomic mass is 9.60. The molecule has 0 saturated carbocycles. The van der Waals surface area contributed by atoms with Gasteiger partial charge in [-0.05, 0) is 49.4 Å². The van der Waals surface area contributed by atoms with Gasteiger partial charge in [0, 0.05) is 50.2 Å². The Hall–Kier alpha value is -2.82. The quantitative estimate of drug-likeness (QED) is 0.642. The maximum atomic E-state index is 13.0. The molecule has 1 aromatic carbocycles. The third kappa shape index (κ3) is 5.61. The molecule has 200 valence electrons. The van der Waals surface area contributed by atoms with Crippen LogP contribution in [0.4, 0.5) is 13.2 Å². The fourth-order valence-corrected chi connectivity index (χ4v) is 5.85. The molecule has 0 radical (unpaired) electrons. The zero-order valence-corrected chi connectivity index (χ0v) is 20.9. The third-order valence-corrected chi connectivity index (χ3v) is 7.52. The van der Waals surface area contributed by atoms with Crippen molar-refractivity contribution in [3.05, 3.63) is 29.8 Å². The summed E-state index contributed by atoms with van der Waals surface area (Å²) in [7, 11) is 1.63. The Labute approximate surface area is 208 Å². The monoisotopic (exact) mass is 513 g/mol. The van der Waals surface area contributed by atoms with Gasteiger partial charge in [-0.25, -0.2) is 4.79 Å². The number of fused-ring (bicyclic) bond motifs is 1. The maximum Gasteiger partial charge on any atom is 0.490 e. The maximum absolute atomic E-state index is 13.0. The predicted octanol–water partition coefficient (Wildman–Crippen LogP) is 3.03. The van der Waals surface area contributed by atoms with Crippen molar-refractivity contribution < 1.29 is 37.4 Å². The van der Waals surface area contributed by atoms with E-state index in [9.17, 15) is 22.8 Å². The second-order valence-electron chi connectivity index (χ2n) is 10.3. The number of aliphatic carboxylic acids is 1. The van der Waals surface area contributed by atoms with Crippen LogP contribution in [0.5, 0.6) is 5.75 Å². The Balaban J connectivity index is 0.000000454. The van der Waals surface area contributed by atoms with Crippen LogP contribution < -0.4 is 10.1 Å². The lowest BCUT2D eigenvalue weighted by Gasteiger charge is -2.46. The molecular weight excluding hydrogens is 479 g/mol. The molecule has 3 aliphatic rings. The number of nitrogens with one attached hydrogen (secondary N) is 1. The molecule has 8 nitrogen and oxygen atoms in total. The molecular formula is C25H34F3N3O5. The fourth-order valence-electron chi connectivity index (χ4n) is 5.85. The number of likely N-dealkylation sites (tertiary alicyclic amines) is 2. The highest BCUT2D eigenvalue weighted by molar-refractivity contribution is 5.94. The van der Waals surface area contributed by atoms with Gasteiger partial charge < -0.3 is 25.0 Å². The van der Waals surface area contributed by atoms with Crippen molar-refractivity contribution >= 4 is 17.8 Å². The van der Waals surface area contributed by atoms with Crippen LogP contribution in [0.25, 0.3) is 0 Å². The number of carbonyl (C=O) groups excluding carboxylic acids is 2. The lowest BCUT2D eigenvalue weighted by molar-refractivity contribution is -0.192. The van der Waals surface area contributed by atoms with Gasteiger partial charge in [-0.15, -0.1) is 0 Å². The lowest BCUT2D eigenvalue weighted by Crippen LogP contribution is -2.53. The minimum absolute atomic E-state index is 0.0147. The average molecular weight is 514 g/mol. The average Bonchev–Trinajstić information content (AvgIpc) is 3.33. The van der Waals surface area contributed by atoms with Gasteiger partial charge in [0.2, 0.25) is 5.91 Å². The van der Waals surface area contributed by atoms with Gasteiger partial charge in [0.25, 0.3) is 5.91 Å². The highest BCUT2D eigenvalue weighted by atomic mass is 19.4. The van der Waals surface area contributed by atoms with Crippen molar-refractivity contribution in [3.63, 3.8) is 0 Å². The van der Waals surface area contributed by atoms with E-state index in [4.69, 9.17) is 14.6 Å². The van der Waals surface area contributed by atoms with E-state index < -0.39 is 12.1 Å². The number of hydrogen-bond donors (Lipinski definition) is 2. The second-order valence-corrected chi connectivity index (χ2v) is 10.3. The van der Waals surface area contributed by atoms with Crippen molar-refractivity contribution in [1.29, 1.82) is 0 Å². The van der Waals surface area contributed by atoms with E-state index in [0.29, 0.717) is 11.5 Å². The molecule has 1 atom stereocenters. The number of carboxylic acids is 1. The van der Waals surface area contributed by atoms with E-state index in [1.54, 1.807) is 7.11 Å².